The summed E-state index contributed by atoms with van der Waals surface area (Å²) in [5.74, 6) is 0. The Kier molecular flexibility index (Phi) is 5.20. The van der Waals surface area contributed by atoms with Gasteiger partial charge < -0.3 is 13.9 Å². The molecule has 0 N–H and O–H groups in total. The van der Waals surface area contributed by atoms with Crippen LogP contribution in [0.5, 0.6) is 0 Å². The number of fused-ring (bicyclic) bond motifs is 8. The molecule has 0 amide bonds. The molecular weight excluding hydrogens is 524 g/mol. The lowest BCUT2D eigenvalue weighted by atomic mass is 10.0. The zero-order valence-electron chi connectivity index (χ0n) is 23.3. The highest BCUT2D eigenvalue weighted by molar-refractivity contribution is 6.21. The van der Waals surface area contributed by atoms with E-state index in [0.717, 1.165) is 44.7 Å². The van der Waals surface area contributed by atoms with Gasteiger partial charge in [-0.25, -0.2) is 0 Å². The third-order valence-corrected chi connectivity index (χ3v) is 8.56. The molecule has 0 radical (unpaired) electrons. The molecule has 0 atom stereocenters. The van der Waals surface area contributed by atoms with Crippen molar-refractivity contribution in [2.75, 3.05) is 4.90 Å². The topological polar surface area (TPSA) is 21.3 Å². The number of aromatic nitrogens is 1. The molecule has 0 aliphatic carbocycles. The maximum Gasteiger partial charge on any atom is 0.137 e. The summed E-state index contributed by atoms with van der Waals surface area (Å²) in [6.07, 6.45) is 0. The average molecular weight is 551 g/mol. The standard InChI is InChI=1S/C40H26N2O/c1-2-11-28(12-3-1)41(31-23-24-34-33-14-7-9-17-38(33)43-39(34)26-31)29-19-21-30(22-20-29)42-36-16-8-6-15-35(36)40-32-13-5-4-10-27(32)18-25-37(40)42/h1-26H. The fourth-order valence-electron chi connectivity index (χ4n) is 6.65. The molecule has 3 nitrogen and oxygen atoms in total. The highest BCUT2D eigenvalue weighted by Gasteiger charge is 2.17. The van der Waals surface area contributed by atoms with E-state index in [-0.39, 0.29) is 0 Å². The largest absolute Gasteiger partial charge is 0.456 e. The Morgan fingerprint density at radius 1 is 0.419 bits per heavy atom. The van der Waals surface area contributed by atoms with Gasteiger partial charge in [0.05, 0.1) is 11.0 Å². The first-order valence-electron chi connectivity index (χ1n) is 14.6. The van der Waals surface area contributed by atoms with Crippen molar-refractivity contribution in [1.29, 1.82) is 0 Å². The van der Waals surface area contributed by atoms with Crippen molar-refractivity contribution in [3.63, 3.8) is 0 Å². The zero-order valence-corrected chi connectivity index (χ0v) is 23.3. The lowest BCUT2D eigenvalue weighted by Gasteiger charge is -2.25. The predicted octanol–water partition coefficient (Wildman–Crippen LogP) is 11.3. The van der Waals surface area contributed by atoms with Crippen molar-refractivity contribution in [1.82, 2.24) is 4.57 Å². The first kappa shape index (κ1) is 23.9. The summed E-state index contributed by atoms with van der Waals surface area (Å²) in [5.41, 5.74) is 8.56. The molecular formula is C40H26N2O. The summed E-state index contributed by atoms with van der Waals surface area (Å²) in [6.45, 7) is 0. The van der Waals surface area contributed by atoms with Gasteiger partial charge in [0.1, 0.15) is 11.2 Å². The first-order valence-corrected chi connectivity index (χ1v) is 14.6. The van der Waals surface area contributed by atoms with Crippen LogP contribution in [-0.2, 0) is 0 Å². The van der Waals surface area contributed by atoms with Crippen LogP contribution in [0.3, 0.4) is 0 Å². The van der Waals surface area contributed by atoms with E-state index in [1.807, 2.05) is 12.1 Å². The van der Waals surface area contributed by atoms with Gasteiger partial charge in [-0.1, -0.05) is 84.9 Å². The number of benzene rings is 7. The lowest BCUT2D eigenvalue weighted by Crippen LogP contribution is -2.09. The molecule has 0 aliphatic rings. The summed E-state index contributed by atoms with van der Waals surface area (Å²) >= 11 is 0. The molecule has 9 aromatic rings. The summed E-state index contributed by atoms with van der Waals surface area (Å²) in [6, 6.07) is 56.0. The minimum absolute atomic E-state index is 0.883. The van der Waals surface area contributed by atoms with Crippen LogP contribution in [0.25, 0.3) is 60.2 Å². The molecule has 0 unspecified atom stereocenters. The molecule has 7 aromatic carbocycles. The van der Waals surface area contributed by atoms with Gasteiger partial charge in [0.2, 0.25) is 0 Å². The Hall–Kier alpha value is -5.80. The summed E-state index contributed by atoms with van der Waals surface area (Å²) in [5, 5.41) is 7.36. The fourth-order valence-corrected chi connectivity index (χ4v) is 6.65. The molecule has 0 spiro atoms. The van der Waals surface area contributed by atoms with Gasteiger partial charge in [-0.15, -0.1) is 0 Å². The molecule has 202 valence electrons. The van der Waals surface area contributed by atoms with Crippen LogP contribution < -0.4 is 4.90 Å². The molecule has 3 heteroatoms. The quantitative estimate of drug-likeness (QED) is 0.217. The molecule has 0 bridgehead atoms. The maximum atomic E-state index is 6.27. The second-order valence-corrected chi connectivity index (χ2v) is 11.0. The number of anilines is 3. The maximum absolute atomic E-state index is 6.27. The van der Waals surface area contributed by atoms with Gasteiger partial charge in [-0.05, 0) is 77.5 Å². The number of hydrogen-bond acceptors (Lipinski definition) is 2. The van der Waals surface area contributed by atoms with E-state index >= 15 is 0 Å². The number of nitrogens with zero attached hydrogens (tertiary/aromatic N) is 2. The van der Waals surface area contributed by atoms with E-state index in [9.17, 15) is 0 Å². The predicted molar refractivity (Wildman–Crippen MR) is 180 cm³/mol. The Morgan fingerprint density at radius 2 is 1.07 bits per heavy atom. The molecule has 0 saturated carbocycles. The molecule has 9 rings (SSSR count). The van der Waals surface area contributed by atoms with Crippen molar-refractivity contribution in [2.45, 2.75) is 0 Å². The second-order valence-electron chi connectivity index (χ2n) is 11.0. The number of furan rings is 1. The zero-order chi connectivity index (χ0) is 28.3. The van der Waals surface area contributed by atoms with Crippen molar-refractivity contribution in [3.8, 4) is 5.69 Å². The van der Waals surface area contributed by atoms with Crippen LogP contribution in [0, 0.1) is 0 Å². The first-order chi connectivity index (χ1) is 21.3. The van der Waals surface area contributed by atoms with Crippen molar-refractivity contribution < 1.29 is 4.42 Å². The third kappa shape index (κ3) is 3.68. The van der Waals surface area contributed by atoms with E-state index in [1.165, 1.54) is 32.6 Å². The molecule has 2 aromatic heterocycles. The van der Waals surface area contributed by atoms with Crippen molar-refractivity contribution in [3.05, 3.63) is 158 Å². The molecule has 43 heavy (non-hydrogen) atoms. The molecule has 2 heterocycles. The second kappa shape index (κ2) is 9.37. The van der Waals surface area contributed by atoms with Crippen molar-refractivity contribution >= 4 is 71.6 Å². The van der Waals surface area contributed by atoms with E-state index in [2.05, 4.69) is 155 Å². The van der Waals surface area contributed by atoms with Crippen LogP contribution in [0.2, 0.25) is 0 Å². The minimum atomic E-state index is 0.883. The van der Waals surface area contributed by atoms with Crippen LogP contribution in [0.1, 0.15) is 0 Å². The Bertz CT molecular complexity index is 2450. The normalized spacial score (nSPS) is 11.7. The van der Waals surface area contributed by atoms with E-state index in [0.29, 0.717) is 0 Å². The van der Waals surface area contributed by atoms with E-state index < -0.39 is 0 Å². The lowest BCUT2D eigenvalue weighted by molar-refractivity contribution is 0.669. The van der Waals surface area contributed by atoms with E-state index in [4.69, 9.17) is 4.42 Å². The molecule has 0 fully saturated rings. The molecule has 0 saturated heterocycles. The van der Waals surface area contributed by atoms with Crippen LogP contribution in [-0.4, -0.2) is 4.57 Å². The van der Waals surface area contributed by atoms with Gasteiger partial charge >= 0.3 is 0 Å². The van der Waals surface area contributed by atoms with Gasteiger partial charge in [0.25, 0.3) is 0 Å². The monoisotopic (exact) mass is 550 g/mol. The Morgan fingerprint density at radius 3 is 1.93 bits per heavy atom. The number of hydrogen-bond donors (Lipinski definition) is 0. The summed E-state index contributed by atoms with van der Waals surface area (Å²) < 4.78 is 8.65. The highest BCUT2D eigenvalue weighted by atomic mass is 16.3. The molecule has 0 aliphatic heterocycles. The van der Waals surface area contributed by atoms with Crippen molar-refractivity contribution in [2.24, 2.45) is 0 Å². The Labute approximate surface area is 248 Å². The van der Waals surface area contributed by atoms with Gasteiger partial charge in [-0.3, -0.25) is 0 Å². The van der Waals surface area contributed by atoms with Crippen LogP contribution >= 0.6 is 0 Å². The number of rotatable bonds is 4. The van der Waals surface area contributed by atoms with Crippen LogP contribution in [0.15, 0.2) is 162 Å². The number of para-hydroxylation sites is 3. The summed E-state index contributed by atoms with van der Waals surface area (Å²) in [7, 11) is 0. The smallest absolute Gasteiger partial charge is 0.137 e. The summed E-state index contributed by atoms with van der Waals surface area (Å²) in [4.78, 5) is 2.29. The average Bonchev–Trinajstić information content (AvgIpc) is 3.61. The third-order valence-electron chi connectivity index (χ3n) is 8.56. The minimum Gasteiger partial charge on any atom is -0.456 e. The fraction of sp³-hybridized carbons (Fsp3) is 0. The highest BCUT2D eigenvalue weighted by Crippen LogP contribution is 2.40. The SMILES string of the molecule is c1ccc(N(c2ccc(-n3c4ccccc4c4c5ccccc5ccc43)cc2)c2ccc3c(c2)oc2ccccc23)cc1. The van der Waals surface area contributed by atoms with Crippen LogP contribution in [0.4, 0.5) is 17.1 Å². The van der Waals surface area contributed by atoms with Gasteiger partial charge in [-0.2, -0.15) is 0 Å². The van der Waals surface area contributed by atoms with E-state index in [1.54, 1.807) is 0 Å². The van der Waals surface area contributed by atoms with Gasteiger partial charge in [0, 0.05) is 50.4 Å². The van der Waals surface area contributed by atoms with Gasteiger partial charge in [0.15, 0.2) is 0 Å². The Balaban J connectivity index is 1.21.